The maximum atomic E-state index is 13.7. The zero-order valence-electron chi connectivity index (χ0n) is 18.5. The summed E-state index contributed by atoms with van der Waals surface area (Å²) in [6, 6.07) is 4.77. The lowest BCUT2D eigenvalue weighted by Gasteiger charge is -2.35. The van der Waals surface area contributed by atoms with Crippen molar-refractivity contribution in [1.82, 2.24) is 15.3 Å². The predicted molar refractivity (Wildman–Crippen MR) is 114 cm³/mol. The number of rotatable bonds is 9. The Kier molecular flexibility index (Phi) is 8.33. The molecule has 1 aliphatic carbocycles. The first-order valence-electron chi connectivity index (χ1n) is 10.6. The van der Waals surface area contributed by atoms with Gasteiger partial charge in [-0.05, 0) is 55.2 Å². The monoisotopic (exact) mass is 449 g/mol. The van der Waals surface area contributed by atoms with Gasteiger partial charge >= 0.3 is 0 Å². The van der Waals surface area contributed by atoms with Crippen LogP contribution in [-0.2, 0) is 4.74 Å². The highest BCUT2D eigenvalue weighted by Crippen LogP contribution is 2.42. The number of methoxy groups -OCH3 is 3. The van der Waals surface area contributed by atoms with Gasteiger partial charge in [-0.15, -0.1) is 0 Å². The van der Waals surface area contributed by atoms with Crippen LogP contribution in [0.25, 0.3) is 0 Å². The number of halogens is 2. The first kappa shape index (κ1) is 23.8. The Morgan fingerprint density at radius 1 is 1.09 bits per heavy atom. The lowest BCUT2D eigenvalue weighted by atomic mass is 9.75. The molecule has 2 heterocycles. The Balaban J connectivity index is 1.67. The number of aromatic nitrogens is 2. The molecule has 0 aliphatic heterocycles. The normalized spacial score (nSPS) is 19.4. The van der Waals surface area contributed by atoms with E-state index in [9.17, 15) is 13.6 Å². The number of hydrogen-bond acceptors (Lipinski definition) is 6. The van der Waals surface area contributed by atoms with Gasteiger partial charge in [0, 0.05) is 25.6 Å². The molecule has 0 bridgehead atoms. The third-order valence-electron chi connectivity index (χ3n) is 6.05. The van der Waals surface area contributed by atoms with Crippen molar-refractivity contribution < 1.29 is 27.8 Å². The van der Waals surface area contributed by atoms with Crippen LogP contribution in [-0.4, -0.2) is 49.9 Å². The average Bonchev–Trinajstić information content (AvgIpc) is 2.83. The zero-order valence-corrected chi connectivity index (χ0v) is 18.5. The molecule has 1 aliphatic rings. The fourth-order valence-corrected chi connectivity index (χ4v) is 4.40. The van der Waals surface area contributed by atoms with Crippen LogP contribution in [0.5, 0.6) is 11.8 Å². The third kappa shape index (κ3) is 5.51. The van der Waals surface area contributed by atoms with E-state index in [0.29, 0.717) is 23.6 Å². The van der Waals surface area contributed by atoms with E-state index in [2.05, 4.69) is 15.3 Å². The predicted octanol–water partition coefficient (Wildman–Crippen LogP) is 4.15. The fraction of sp³-hybridized carbons (Fsp3) is 0.522. The van der Waals surface area contributed by atoms with Gasteiger partial charge < -0.3 is 19.5 Å². The topological polar surface area (TPSA) is 82.6 Å². The Morgan fingerprint density at radius 2 is 1.84 bits per heavy atom. The molecule has 1 atom stereocenters. The quantitative estimate of drug-likeness (QED) is 0.619. The molecule has 0 aromatic carbocycles. The second kappa shape index (κ2) is 11.2. The van der Waals surface area contributed by atoms with E-state index in [4.69, 9.17) is 14.2 Å². The molecule has 0 saturated heterocycles. The van der Waals surface area contributed by atoms with Crippen molar-refractivity contribution in [2.45, 2.75) is 44.1 Å². The molecular weight excluding hydrogens is 420 g/mol. The van der Waals surface area contributed by atoms with Crippen LogP contribution < -0.4 is 14.8 Å². The van der Waals surface area contributed by atoms with Gasteiger partial charge in [-0.2, -0.15) is 0 Å². The number of nitrogens with zero attached hydrogens (tertiary/aromatic N) is 2. The van der Waals surface area contributed by atoms with Crippen LogP contribution in [0.2, 0.25) is 0 Å². The maximum Gasteiger partial charge on any atom is 0.269 e. The molecule has 0 spiro atoms. The molecule has 1 unspecified atom stereocenters. The van der Waals surface area contributed by atoms with Gasteiger partial charge in [-0.1, -0.05) is 0 Å². The van der Waals surface area contributed by atoms with Crippen molar-refractivity contribution in [3.8, 4) is 11.8 Å². The minimum atomic E-state index is -2.65. The maximum absolute atomic E-state index is 13.7. The molecule has 1 saturated carbocycles. The first-order valence-corrected chi connectivity index (χ1v) is 10.6. The highest BCUT2D eigenvalue weighted by Gasteiger charge is 2.32. The second-order valence-electron chi connectivity index (χ2n) is 7.86. The summed E-state index contributed by atoms with van der Waals surface area (Å²) in [5.41, 5.74) is 0.917. The molecule has 2 aromatic heterocycles. The Morgan fingerprint density at radius 3 is 2.41 bits per heavy atom. The number of pyridine rings is 2. The zero-order chi connectivity index (χ0) is 23.1. The molecule has 1 amide bonds. The molecule has 9 heteroatoms. The van der Waals surface area contributed by atoms with Crippen LogP contribution in [0.15, 0.2) is 30.6 Å². The van der Waals surface area contributed by atoms with Gasteiger partial charge in [0.15, 0.2) is 0 Å². The summed E-state index contributed by atoms with van der Waals surface area (Å²) >= 11 is 0. The number of ether oxygens (including phenoxy) is 3. The van der Waals surface area contributed by atoms with Crippen molar-refractivity contribution in [2.75, 3.05) is 27.9 Å². The summed E-state index contributed by atoms with van der Waals surface area (Å²) in [6.45, 7) is 0.371. The highest BCUT2D eigenvalue weighted by molar-refractivity contribution is 5.94. The largest absolute Gasteiger partial charge is 0.481 e. The summed E-state index contributed by atoms with van der Waals surface area (Å²) < 4.78 is 42.8. The molecule has 2 aromatic rings. The lowest BCUT2D eigenvalue weighted by molar-refractivity contribution is 0.0816. The van der Waals surface area contributed by atoms with E-state index in [1.165, 1.54) is 26.6 Å². The van der Waals surface area contributed by atoms with Crippen LogP contribution >= 0.6 is 0 Å². The van der Waals surface area contributed by atoms with E-state index in [-0.39, 0.29) is 35.2 Å². The van der Waals surface area contributed by atoms with E-state index in [0.717, 1.165) is 25.7 Å². The molecule has 1 fully saturated rings. The highest BCUT2D eigenvalue weighted by atomic mass is 19.3. The Labute approximate surface area is 186 Å². The van der Waals surface area contributed by atoms with Crippen molar-refractivity contribution in [2.24, 2.45) is 5.92 Å². The van der Waals surface area contributed by atoms with Crippen LogP contribution in [0.3, 0.4) is 0 Å². The first-order chi connectivity index (χ1) is 15.5. The van der Waals surface area contributed by atoms with E-state index >= 15 is 0 Å². The number of nitrogens with one attached hydrogen (secondary N) is 1. The molecule has 0 radical (unpaired) electrons. The van der Waals surface area contributed by atoms with Crippen LogP contribution in [0, 0.1) is 5.92 Å². The number of amides is 1. The summed E-state index contributed by atoms with van der Waals surface area (Å²) in [4.78, 5) is 20.7. The number of alkyl halides is 2. The van der Waals surface area contributed by atoms with E-state index < -0.39 is 6.43 Å². The molecular formula is C23H29F2N3O4. The van der Waals surface area contributed by atoms with Crippen molar-refractivity contribution >= 4 is 5.91 Å². The summed E-state index contributed by atoms with van der Waals surface area (Å²) in [7, 11) is 4.46. The van der Waals surface area contributed by atoms with Gasteiger partial charge in [-0.25, -0.2) is 18.7 Å². The van der Waals surface area contributed by atoms with E-state index in [1.54, 1.807) is 25.3 Å². The van der Waals surface area contributed by atoms with Gasteiger partial charge in [0.25, 0.3) is 12.3 Å². The van der Waals surface area contributed by atoms with Crippen molar-refractivity contribution in [1.29, 1.82) is 0 Å². The van der Waals surface area contributed by atoms with Crippen molar-refractivity contribution in [3.63, 3.8) is 0 Å². The standard InChI is InChI=1S/C23H29F2N3O4/c1-30-13-18(28-22(29)16-8-9-19(31-2)27-12-16)15-6-4-14(5-7-15)17-10-11-26-23(32-3)20(17)21(24)25/h8-12,14-15,18,21H,4-7,13H2,1-3H3,(H,28,29). The SMILES string of the molecule is COCC(NC(=O)c1ccc(OC)nc1)C1CCC(c2ccnc(OC)c2C(F)F)CC1. The van der Waals surface area contributed by atoms with E-state index in [1.807, 2.05) is 0 Å². The fourth-order valence-electron chi connectivity index (χ4n) is 4.40. The van der Waals surface area contributed by atoms with Crippen LogP contribution in [0.4, 0.5) is 8.78 Å². The Hall–Kier alpha value is -2.81. The third-order valence-corrected chi connectivity index (χ3v) is 6.05. The lowest BCUT2D eigenvalue weighted by Crippen LogP contribution is -2.44. The van der Waals surface area contributed by atoms with Crippen LogP contribution in [0.1, 0.15) is 59.5 Å². The molecule has 1 N–H and O–H groups in total. The number of hydrogen-bond donors (Lipinski definition) is 1. The minimum absolute atomic E-state index is 0.00293. The summed E-state index contributed by atoms with van der Waals surface area (Å²) in [5.74, 6) is 0.363. The second-order valence-corrected chi connectivity index (χ2v) is 7.86. The summed E-state index contributed by atoms with van der Waals surface area (Å²) in [6.07, 6.45) is 3.38. The molecule has 32 heavy (non-hydrogen) atoms. The average molecular weight is 449 g/mol. The molecule has 174 valence electrons. The molecule has 7 nitrogen and oxygen atoms in total. The number of carbonyl (C=O) groups excluding carboxylic acids is 1. The number of carbonyl (C=O) groups is 1. The smallest absolute Gasteiger partial charge is 0.269 e. The minimum Gasteiger partial charge on any atom is -0.481 e. The van der Waals surface area contributed by atoms with Gasteiger partial charge in [0.1, 0.15) is 0 Å². The van der Waals surface area contributed by atoms with Gasteiger partial charge in [0.2, 0.25) is 11.8 Å². The molecule has 3 rings (SSSR count). The Bertz CT molecular complexity index is 887. The van der Waals surface area contributed by atoms with Gasteiger partial charge in [0.05, 0.1) is 38.0 Å². The van der Waals surface area contributed by atoms with Gasteiger partial charge in [-0.3, -0.25) is 4.79 Å². The van der Waals surface area contributed by atoms with Crippen molar-refractivity contribution in [3.05, 3.63) is 47.3 Å². The summed E-state index contributed by atoms with van der Waals surface area (Å²) in [5, 5.41) is 3.05.